The van der Waals surface area contributed by atoms with E-state index in [9.17, 15) is 22.5 Å². The number of fused-ring (bicyclic) bond motifs is 1. The van der Waals surface area contributed by atoms with Crippen molar-refractivity contribution < 1.29 is 32.3 Å². The molecule has 3 aromatic rings. The van der Waals surface area contributed by atoms with Crippen LogP contribution in [0.25, 0.3) is 10.1 Å². The van der Waals surface area contributed by atoms with Gasteiger partial charge in [0.05, 0.1) is 5.69 Å². The third kappa shape index (κ3) is 3.68. The molecular weight excluding hydrogens is 470 g/mol. The Morgan fingerprint density at radius 3 is 2.48 bits per heavy atom. The number of rotatable bonds is 4. The highest BCUT2D eigenvalue weighted by Gasteiger charge is 2.53. The lowest BCUT2D eigenvalue weighted by molar-refractivity contribution is 0.0595. The molecule has 1 heterocycles. The highest BCUT2D eigenvalue weighted by molar-refractivity contribution is 9.10. The van der Waals surface area contributed by atoms with E-state index < -0.39 is 29.9 Å². The average molecular weight is 480 g/mol. The molecular formula is C16H10BrF3NO4PS. The predicted molar refractivity (Wildman–Crippen MR) is 99.8 cm³/mol. The fraction of sp³-hybridized carbons (Fsp3) is 0.0625. The fourth-order valence-electron chi connectivity index (χ4n) is 2.29. The Balaban J connectivity index is 2.01. The van der Waals surface area contributed by atoms with E-state index in [2.05, 4.69) is 21.2 Å². The molecule has 0 radical (unpaired) electrons. The van der Waals surface area contributed by atoms with Crippen molar-refractivity contribution in [2.75, 3.05) is 5.32 Å². The zero-order chi connectivity index (χ0) is 20.0. The first-order chi connectivity index (χ1) is 12.5. The van der Waals surface area contributed by atoms with Crippen molar-refractivity contribution in [1.29, 1.82) is 0 Å². The minimum absolute atomic E-state index is 0.0410. The van der Waals surface area contributed by atoms with Gasteiger partial charge in [0.15, 0.2) is 0 Å². The number of carbonyl (C=O) groups excluding carboxylic acids is 1. The summed E-state index contributed by atoms with van der Waals surface area (Å²) in [5, 5.41) is 2.56. The number of thiophene rings is 1. The molecule has 2 aromatic carbocycles. The maximum Gasteiger partial charge on any atom is 0.400 e. The van der Waals surface area contributed by atoms with E-state index in [4.69, 9.17) is 9.79 Å². The minimum atomic E-state index is -5.73. The fourth-order valence-corrected chi connectivity index (χ4v) is 5.22. The van der Waals surface area contributed by atoms with Gasteiger partial charge in [0.2, 0.25) is 0 Å². The van der Waals surface area contributed by atoms with E-state index in [0.717, 1.165) is 0 Å². The highest BCUT2D eigenvalue weighted by Crippen LogP contribution is 2.62. The SMILES string of the molecule is O=C(Nc1ccccc1F)c1ccc2sc(C(F)(F)P(=O)(O)O)c(Br)c2c1. The second-order valence-corrected chi connectivity index (χ2v) is 8.97. The number of benzene rings is 2. The summed E-state index contributed by atoms with van der Waals surface area (Å²) in [6.07, 6.45) is 0. The van der Waals surface area contributed by atoms with Crippen molar-refractivity contribution >= 4 is 56.5 Å². The number of halogens is 4. The summed E-state index contributed by atoms with van der Waals surface area (Å²) in [4.78, 5) is 29.3. The Labute approximate surface area is 163 Å². The monoisotopic (exact) mass is 479 g/mol. The second-order valence-electron chi connectivity index (χ2n) is 5.48. The molecule has 0 spiro atoms. The molecule has 0 saturated heterocycles. The number of para-hydroxylation sites is 1. The number of carbonyl (C=O) groups is 1. The van der Waals surface area contributed by atoms with Gasteiger partial charge < -0.3 is 15.1 Å². The van der Waals surface area contributed by atoms with Gasteiger partial charge in [-0.05, 0) is 46.3 Å². The summed E-state index contributed by atoms with van der Waals surface area (Å²) in [6.45, 7) is 0. The summed E-state index contributed by atoms with van der Waals surface area (Å²) >= 11 is 3.44. The number of anilines is 1. The molecule has 1 amide bonds. The summed E-state index contributed by atoms with van der Waals surface area (Å²) in [5.41, 5.74) is -4.35. The van der Waals surface area contributed by atoms with Crippen LogP contribution < -0.4 is 5.32 Å². The summed E-state index contributed by atoms with van der Waals surface area (Å²) in [6, 6.07) is 9.54. The van der Waals surface area contributed by atoms with Gasteiger partial charge in [0.25, 0.3) is 5.91 Å². The Kier molecular flexibility index (Phi) is 5.22. The molecule has 1 aromatic heterocycles. The standard InChI is InChI=1S/C16H10BrF3NO4PS/c17-13-9-7-8(15(22)21-11-4-2-1-3-10(11)18)5-6-12(9)27-14(13)16(19,20)26(23,24)25/h1-7H,(H,21,22)(H2,23,24,25). The van der Waals surface area contributed by atoms with Gasteiger partial charge >= 0.3 is 13.3 Å². The molecule has 27 heavy (non-hydrogen) atoms. The summed E-state index contributed by atoms with van der Waals surface area (Å²) < 4.78 is 53.0. The van der Waals surface area contributed by atoms with E-state index in [1.54, 1.807) is 0 Å². The largest absolute Gasteiger partial charge is 0.400 e. The van der Waals surface area contributed by atoms with Crippen LogP contribution in [0.2, 0.25) is 0 Å². The number of nitrogens with one attached hydrogen (secondary N) is 1. The third-order valence-electron chi connectivity index (χ3n) is 3.65. The van der Waals surface area contributed by atoms with E-state index >= 15 is 0 Å². The number of amides is 1. The molecule has 0 fully saturated rings. The molecule has 142 valence electrons. The summed E-state index contributed by atoms with van der Waals surface area (Å²) in [7, 11) is -5.73. The van der Waals surface area contributed by atoms with Crippen LogP contribution in [0.3, 0.4) is 0 Å². The lowest BCUT2D eigenvalue weighted by Crippen LogP contribution is -2.13. The van der Waals surface area contributed by atoms with Crippen LogP contribution in [0.1, 0.15) is 15.2 Å². The Morgan fingerprint density at radius 1 is 1.19 bits per heavy atom. The van der Waals surface area contributed by atoms with E-state index in [-0.39, 0.29) is 21.1 Å². The maximum absolute atomic E-state index is 14.0. The maximum atomic E-state index is 14.0. The van der Waals surface area contributed by atoms with Crippen LogP contribution in [0.4, 0.5) is 18.9 Å². The molecule has 3 rings (SSSR count). The van der Waals surface area contributed by atoms with Crippen molar-refractivity contribution in [1.82, 2.24) is 0 Å². The first kappa shape index (κ1) is 20.0. The van der Waals surface area contributed by atoms with Crippen LogP contribution in [0.5, 0.6) is 0 Å². The van der Waals surface area contributed by atoms with Crippen LogP contribution >= 0.6 is 34.9 Å². The quantitative estimate of drug-likeness (QED) is 0.444. The van der Waals surface area contributed by atoms with Crippen LogP contribution in [-0.2, 0) is 10.2 Å². The van der Waals surface area contributed by atoms with Crippen LogP contribution in [-0.4, -0.2) is 15.7 Å². The van der Waals surface area contributed by atoms with Crippen molar-refractivity contribution in [2.45, 2.75) is 5.66 Å². The number of hydrogen-bond donors (Lipinski definition) is 3. The molecule has 0 aliphatic carbocycles. The smallest absolute Gasteiger partial charge is 0.320 e. The average Bonchev–Trinajstić information content (AvgIpc) is 2.93. The van der Waals surface area contributed by atoms with Gasteiger partial charge in [-0.1, -0.05) is 12.1 Å². The Bertz CT molecular complexity index is 1100. The van der Waals surface area contributed by atoms with E-state index in [1.165, 1.54) is 42.5 Å². The molecule has 0 aliphatic rings. The molecule has 0 saturated carbocycles. The van der Waals surface area contributed by atoms with Gasteiger partial charge in [0.1, 0.15) is 10.7 Å². The predicted octanol–water partition coefficient (Wildman–Crippen LogP) is 5.28. The molecule has 3 N–H and O–H groups in total. The lowest BCUT2D eigenvalue weighted by Gasteiger charge is -2.16. The first-order valence-electron chi connectivity index (χ1n) is 7.24. The van der Waals surface area contributed by atoms with E-state index in [1.807, 2.05) is 0 Å². The Morgan fingerprint density at radius 2 is 1.85 bits per heavy atom. The van der Waals surface area contributed by atoms with E-state index in [0.29, 0.717) is 16.0 Å². The molecule has 0 bridgehead atoms. The number of hydrogen-bond acceptors (Lipinski definition) is 3. The van der Waals surface area contributed by atoms with Crippen molar-refractivity contribution in [3.8, 4) is 0 Å². The minimum Gasteiger partial charge on any atom is -0.320 e. The number of alkyl halides is 2. The van der Waals surface area contributed by atoms with Gasteiger partial charge in [-0.15, -0.1) is 11.3 Å². The third-order valence-corrected chi connectivity index (χ3v) is 7.08. The van der Waals surface area contributed by atoms with Crippen LogP contribution in [0.15, 0.2) is 46.9 Å². The van der Waals surface area contributed by atoms with Gasteiger partial charge in [-0.2, -0.15) is 8.78 Å². The van der Waals surface area contributed by atoms with Crippen molar-refractivity contribution in [3.63, 3.8) is 0 Å². The van der Waals surface area contributed by atoms with Gasteiger partial charge in [-0.3, -0.25) is 9.36 Å². The van der Waals surface area contributed by atoms with Crippen molar-refractivity contribution in [3.05, 3.63) is 63.2 Å². The highest BCUT2D eigenvalue weighted by atomic mass is 79.9. The first-order valence-corrected chi connectivity index (χ1v) is 10.5. The van der Waals surface area contributed by atoms with Gasteiger partial charge in [-0.25, -0.2) is 4.39 Å². The zero-order valence-electron chi connectivity index (χ0n) is 13.1. The topological polar surface area (TPSA) is 86.6 Å². The molecule has 0 atom stereocenters. The molecule has 0 aliphatic heterocycles. The van der Waals surface area contributed by atoms with Crippen molar-refractivity contribution in [2.24, 2.45) is 0 Å². The van der Waals surface area contributed by atoms with Crippen LogP contribution in [0, 0.1) is 5.82 Å². The normalized spacial score (nSPS) is 12.4. The lowest BCUT2D eigenvalue weighted by atomic mass is 10.1. The molecule has 5 nitrogen and oxygen atoms in total. The molecule has 11 heteroatoms. The summed E-state index contributed by atoms with van der Waals surface area (Å²) in [5.74, 6) is -1.30. The second kappa shape index (κ2) is 7.03. The Hall–Kier alpha value is -1.71. The molecule has 0 unspecified atom stereocenters. The zero-order valence-corrected chi connectivity index (χ0v) is 16.4. The van der Waals surface area contributed by atoms with Gasteiger partial charge in [0, 0.05) is 20.1 Å².